The number of nitrogens with zero attached hydrogens (tertiary/aromatic N) is 1. The van der Waals surface area contributed by atoms with Gasteiger partial charge in [0.25, 0.3) is 0 Å². The molecule has 2 aromatic carbocycles. The van der Waals surface area contributed by atoms with Crippen LogP contribution >= 0.6 is 0 Å². The van der Waals surface area contributed by atoms with Crippen molar-refractivity contribution in [2.45, 2.75) is 12.3 Å². The summed E-state index contributed by atoms with van der Waals surface area (Å²) < 4.78 is 10.7. The fourth-order valence-electron chi connectivity index (χ4n) is 3.35. The molecular weight excluding hydrogens is 308 g/mol. The smallest absolute Gasteiger partial charge is 0.318 e. The van der Waals surface area contributed by atoms with Crippen LogP contribution in [0.1, 0.15) is 22.6 Å². The molecule has 0 aliphatic carbocycles. The molecule has 2 aromatic rings. The number of nitrogens with one attached hydrogen (secondary N) is 1. The minimum atomic E-state index is -0.368. The Morgan fingerprint density at radius 2 is 1.96 bits per heavy atom. The van der Waals surface area contributed by atoms with Crippen LogP contribution in [0, 0.1) is 10.1 Å². The van der Waals surface area contributed by atoms with Gasteiger partial charge in [-0.1, -0.05) is 30.3 Å². The Bertz CT molecular complexity index is 746. The van der Waals surface area contributed by atoms with Gasteiger partial charge in [0.05, 0.1) is 19.1 Å². The van der Waals surface area contributed by atoms with Gasteiger partial charge in [0.2, 0.25) is 5.75 Å². The van der Waals surface area contributed by atoms with Crippen molar-refractivity contribution in [3.05, 3.63) is 63.2 Å². The third-order valence-corrected chi connectivity index (χ3v) is 4.44. The van der Waals surface area contributed by atoms with Crippen molar-refractivity contribution in [1.29, 1.82) is 0 Å². The molecular formula is C18H20N2O4. The molecule has 3 rings (SSSR count). The number of ether oxygens (including phenoxy) is 2. The van der Waals surface area contributed by atoms with Crippen LogP contribution in [0.3, 0.4) is 0 Å². The average molecular weight is 328 g/mol. The quantitative estimate of drug-likeness (QED) is 0.690. The lowest BCUT2D eigenvalue weighted by molar-refractivity contribution is -0.386. The summed E-state index contributed by atoms with van der Waals surface area (Å²) in [6, 6.07) is 11.9. The Kier molecular flexibility index (Phi) is 4.66. The van der Waals surface area contributed by atoms with Crippen molar-refractivity contribution < 1.29 is 14.4 Å². The topological polar surface area (TPSA) is 73.6 Å². The van der Waals surface area contributed by atoms with E-state index in [1.54, 1.807) is 0 Å². The van der Waals surface area contributed by atoms with Gasteiger partial charge in [-0.2, -0.15) is 0 Å². The molecule has 1 atom stereocenters. The van der Waals surface area contributed by atoms with Crippen molar-refractivity contribution in [2.75, 3.05) is 27.3 Å². The van der Waals surface area contributed by atoms with E-state index >= 15 is 0 Å². The van der Waals surface area contributed by atoms with Gasteiger partial charge in [-0.15, -0.1) is 0 Å². The zero-order valence-corrected chi connectivity index (χ0v) is 13.7. The number of hydrogen-bond acceptors (Lipinski definition) is 5. The van der Waals surface area contributed by atoms with E-state index in [1.807, 2.05) is 36.4 Å². The second kappa shape index (κ2) is 6.88. The van der Waals surface area contributed by atoms with Gasteiger partial charge in [0.1, 0.15) is 0 Å². The Balaban J connectivity index is 2.26. The molecule has 6 heteroatoms. The summed E-state index contributed by atoms with van der Waals surface area (Å²) in [6.45, 7) is 1.41. The van der Waals surface area contributed by atoms with Crippen LogP contribution in [-0.4, -0.2) is 32.2 Å². The highest BCUT2D eigenvalue weighted by Crippen LogP contribution is 2.45. The minimum absolute atomic E-state index is 0.0106. The largest absolute Gasteiger partial charge is 0.493 e. The Morgan fingerprint density at radius 3 is 2.58 bits per heavy atom. The molecule has 0 aromatic heterocycles. The van der Waals surface area contributed by atoms with Crippen LogP contribution in [0.25, 0.3) is 0 Å². The van der Waals surface area contributed by atoms with E-state index in [2.05, 4.69) is 5.32 Å². The maximum atomic E-state index is 11.7. The summed E-state index contributed by atoms with van der Waals surface area (Å²) in [7, 11) is 2.93. The van der Waals surface area contributed by atoms with Crippen LogP contribution in [0.4, 0.5) is 5.69 Å². The van der Waals surface area contributed by atoms with Crippen molar-refractivity contribution in [3.63, 3.8) is 0 Å². The lowest BCUT2D eigenvalue weighted by Gasteiger charge is -2.20. The molecule has 0 radical (unpaired) electrons. The first-order chi connectivity index (χ1) is 11.7. The molecule has 0 fully saturated rings. The summed E-state index contributed by atoms with van der Waals surface area (Å²) in [6.07, 6.45) is 0.579. The van der Waals surface area contributed by atoms with Gasteiger partial charge >= 0.3 is 5.69 Å². The highest BCUT2D eigenvalue weighted by atomic mass is 16.6. The average Bonchev–Trinajstić information content (AvgIpc) is 2.82. The zero-order chi connectivity index (χ0) is 17.1. The van der Waals surface area contributed by atoms with E-state index < -0.39 is 0 Å². The van der Waals surface area contributed by atoms with Crippen LogP contribution in [0.5, 0.6) is 11.5 Å². The Labute approximate surface area is 140 Å². The first kappa shape index (κ1) is 16.3. The Morgan fingerprint density at radius 1 is 1.21 bits per heavy atom. The number of benzene rings is 2. The lowest BCUT2D eigenvalue weighted by atomic mass is 9.87. The summed E-state index contributed by atoms with van der Waals surface area (Å²) in [5, 5.41) is 15.1. The first-order valence-electron chi connectivity index (χ1n) is 7.85. The van der Waals surface area contributed by atoms with E-state index in [4.69, 9.17) is 9.47 Å². The van der Waals surface area contributed by atoms with Gasteiger partial charge in [0.15, 0.2) is 5.75 Å². The third kappa shape index (κ3) is 2.80. The molecule has 0 saturated carbocycles. The lowest BCUT2D eigenvalue weighted by Crippen LogP contribution is -2.20. The second-order valence-electron chi connectivity index (χ2n) is 5.70. The predicted octanol–water partition coefficient (Wildman–Crippen LogP) is 2.89. The van der Waals surface area contributed by atoms with Crippen molar-refractivity contribution in [3.8, 4) is 11.5 Å². The highest BCUT2D eigenvalue weighted by Gasteiger charge is 2.32. The molecule has 0 amide bonds. The summed E-state index contributed by atoms with van der Waals surface area (Å²) >= 11 is 0. The zero-order valence-electron chi connectivity index (χ0n) is 13.7. The SMILES string of the molecule is COc1cc2c(c([N+](=O)[O-])c1OC)CCNC[C@H]2c1ccccc1. The van der Waals surface area contributed by atoms with E-state index in [1.165, 1.54) is 14.2 Å². The van der Waals surface area contributed by atoms with Crippen molar-refractivity contribution in [2.24, 2.45) is 0 Å². The molecule has 6 nitrogen and oxygen atoms in total. The fraction of sp³-hybridized carbons (Fsp3) is 0.333. The van der Waals surface area contributed by atoms with Gasteiger partial charge in [0, 0.05) is 18.0 Å². The van der Waals surface area contributed by atoms with Crippen molar-refractivity contribution >= 4 is 5.69 Å². The van der Waals surface area contributed by atoms with Crippen LogP contribution in [0.15, 0.2) is 36.4 Å². The van der Waals surface area contributed by atoms with E-state index in [9.17, 15) is 10.1 Å². The number of fused-ring (bicyclic) bond motifs is 1. The predicted molar refractivity (Wildman–Crippen MR) is 91.1 cm³/mol. The Hall–Kier alpha value is -2.60. The molecule has 1 aliphatic heterocycles. The molecule has 1 aliphatic rings. The number of nitro groups is 1. The van der Waals surface area contributed by atoms with Gasteiger partial charge in [-0.3, -0.25) is 10.1 Å². The number of methoxy groups -OCH3 is 2. The second-order valence-corrected chi connectivity index (χ2v) is 5.70. The molecule has 0 spiro atoms. The summed E-state index contributed by atoms with van der Waals surface area (Å²) in [4.78, 5) is 11.4. The number of nitro benzene ring substituents is 1. The summed E-state index contributed by atoms with van der Waals surface area (Å²) in [5.74, 6) is 0.614. The monoisotopic (exact) mass is 328 g/mol. The van der Waals surface area contributed by atoms with E-state index in [0.29, 0.717) is 18.7 Å². The molecule has 0 unspecified atom stereocenters. The van der Waals surface area contributed by atoms with E-state index in [0.717, 1.165) is 23.2 Å². The molecule has 1 N–H and O–H groups in total. The molecule has 126 valence electrons. The van der Waals surface area contributed by atoms with Gasteiger partial charge in [-0.05, 0) is 30.2 Å². The highest BCUT2D eigenvalue weighted by molar-refractivity contribution is 5.65. The maximum absolute atomic E-state index is 11.7. The first-order valence-corrected chi connectivity index (χ1v) is 7.85. The molecule has 0 bridgehead atoms. The van der Waals surface area contributed by atoms with Crippen LogP contribution < -0.4 is 14.8 Å². The maximum Gasteiger partial charge on any atom is 0.318 e. The molecule has 1 heterocycles. The standard InChI is InChI=1S/C18H20N2O4/c1-23-16-10-14-13(17(20(21)22)18(16)24-2)8-9-19-11-15(14)12-6-4-3-5-7-12/h3-7,10,15,19H,8-9,11H2,1-2H3/t15-/m0/s1. The van der Waals surface area contributed by atoms with Gasteiger partial charge < -0.3 is 14.8 Å². The summed E-state index contributed by atoms with van der Waals surface area (Å²) in [5.41, 5.74) is 2.78. The number of rotatable bonds is 4. The number of hydrogen-bond donors (Lipinski definition) is 1. The third-order valence-electron chi connectivity index (χ3n) is 4.44. The normalized spacial score (nSPS) is 16.8. The van der Waals surface area contributed by atoms with Gasteiger partial charge in [-0.25, -0.2) is 0 Å². The molecule has 24 heavy (non-hydrogen) atoms. The fourth-order valence-corrected chi connectivity index (χ4v) is 3.35. The van der Waals surface area contributed by atoms with E-state index in [-0.39, 0.29) is 22.3 Å². The van der Waals surface area contributed by atoms with Crippen molar-refractivity contribution in [1.82, 2.24) is 5.32 Å². The molecule has 0 saturated heterocycles. The van der Waals surface area contributed by atoms with Crippen LogP contribution in [0.2, 0.25) is 0 Å². The minimum Gasteiger partial charge on any atom is -0.493 e. The van der Waals surface area contributed by atoms with Crippen LogP contribution in [-0.2, 0) is 6.42 Å².